The van der Waals surface area contributed by atoms with Crippen LogP contribution in [0.15, 0.2) is 67.3 Å². The molecule has 0 aromatic heterocycles. The second-order valence-electron chi connectivity index (χ2n) is 5.58. The largest absolute Gasteiger partial charge is 0.483 e. The smallest absolute Gasteiger partial charge is 0.193 e. The van der Waals surface area contributed by atoms with E-state index in [4.69, 9.17) is 4.74 Å². The molecular formula is C20H22N2O2. The van der Waals surface area contributed by atoms with E-state index in [9.17, 15) is 4.79 Å². The zero-order chi connectivity index (χ0) is 17.7. The number of hydrogen-bond donors (Lipinski definition) is 2. The Morgan fingerprint density at radius 1 is 1.04 bits per heavy atom. The van der Waals surface area contributed by atoms with Crippen molar-refractivity contribution in [1.29, 1.82) is 0 Å². The first-order valence-corrected chi connectivity index (χ1v) is 7.58. The van der Waals surface area contributed by atoms with Gasteiger partial charge < -0.3 is 15.4 Å². The molecule has 2 aromatic carbocycles. The number of carbonyl (C=O) groups is 1. The molecule has 0 aliphatic rings. The van der Waals surface area contributed by atoms with Gasteiger partial charge in [0.15, 0.2) is 11.7 Å². The average molecular weight is 322 g/mol. The fourth-order valence-corrected chi connectivity index (χ4v) is 2.26. The maximum absolute atomic E-state index is 12.7. The highest BCUT2D eigenvalue weighted by Crippen LogP contribution is 2.21. The predicted molar refractivity (Wildman–Crippen MR) is 97.8 cm³/mol. The molecule has 0 radical (unpaired) electrons. The van der Waals surface area contributed by atoms with Crippen LogP contribution in [0.25, 0.3) is 0 Å². The molecule has 0 heterocycles. The van der Waals surface area contributed by atoms with Crippen LogP contribution in [0.2, 0.25) is 0 Å². The third-order valence-corrected chi connectivity index (χ3v) is 3.60. The Hall–Kier alpha value is -3.01. The Morgan fingerprint density at radius 3 is 2.42 bits per heavy atom. The van der Waals surface area contributed by atoms with E-state index in [1.54, 1.807) is 0 Å². The van der Waals surface area contributed by atoms with E-state index in [-0.39, 0.29) is 5.78 Å². The molecule has 0 spiro atoms. The van der Waals surface area contributed by atoms with Gasteiger partial charge in [-0.15, -0.1) is 0 Å². The van der Waals surface area contributed by atoms with Crippen molar-refractivity contribution in [3.8, 4) is 0 Å². The molecule has 0 aliphatic heterocycles. The lowest BCUT2D eigenvalue weighted by Crippen LogP contribution is -2.19. The second-order valence-corrected chi connectivity index (χ2v) is 5.58. The number of methoxy groups -OCH3 is 1. The molecule has 0 aliphatic carbocycles. The standard InChI is InChI=1S/C20H22N2O2/c1-13-7-6-8-17(11-13)20(23)18-10-9-14(2)19(12-18)22-15(3)21-16(4)24-5/h6-12,21-22H,3-4H2,1-2,5H3. The SMILES string of the molecule is C=C(NC(=C)OC)Nc1cc(C(=O)c2cccc(C)c2)ccc1C. The van der Waals surface area contributed by atoms with Crippen LogP contribution in [0.1, 0.15) is 27.0 Å². The molecule has 2 N–H and O–H groups in total. The van der Waals surface area contributed by atoms with Gasteiger partial charge in [-0.3, -0.25) is 4.79 Å². The molecule has 0 atom stereocenters. The molecule has 2 rings (SSSR count). The number of benzene rings is 2. The van der Waals surface area contributed by atoms with E-state index in [2.05, 4.69) is 23.8 Å². The van der Waals surface area contributed by atoms with Gasteiger partial charge in [0.05, 0.1) is 7.11 Å². The van der Waals surface area contributed by atoms with Crippen LogP contribution in [0.3, 0.4) is 0 Å². The predicted octanol–water partition coefficient (Wildman–Crippen LogP) is 4.12. The first-order valence-electron chi connectivity index (χ1n) is 7.58. The van der Waals surface area contributed by atoms with Crippen molar-refractivity contribution in [2.45, 2.75) is 13.8 Å². The fraction of sp³-hybridized carbons (Fsp3) is 0.150. The summed E-state index contributed by atoms with van der Waals surface area (Å²) in [6, 6.07) is 13.1. The summed E-state index contributed by atoms with van der Waals surface area (Å²) in [7, 11) is 1.52. The summed E-state index contributed by atoms with van der Waals surface area (Å²) in [5.41, 5.74) is 4.15. The first-order chi connectivity index (χ1) is 11.4. The average Bonchev–Trinajstić information content (AvgIpc) is 2.56. The summed E-state index contributed by atoms with van der Waals surface area (Å²) in [6.07, 6.45) is 0. The molecule has 2 aromatic rings. The lowest BCUT2D eigenvalue weighted by atomic mass is 10.00. The van der Waals surface area contributed by atoms with E-state index >= 15 is 0 Å². The molecule has 0 fully saturated rings. The Labute approximate surface area is 142 Å². The molecule has 0 unspecified atom stereocenters. The van der Waals surface area contributed by atoms with Gasteiger partial charge in [0, 0.05) is 16.8 Å². The third-order valence-electron chi connectivity index (χ3n) is 3.60. The van der Waals surface area contributed by atoms with Gasteiger partial charge in [-0.05, 0) is 38.1 Å². The van der Waals surface area contributed by atoms with Crippen molar-refractivity contribution in [2.24, 2.45) is 0 Å². The minimum absolute atomic E-state index is 0.0124. The molecule has 0 amide bonds. The van der Waals surface area contributed by atoms with E-state index < -0.39 is 0 Å². The lowest BCUT2D eigenvalue weighted by molar-refractivity contribution is 0.103. The Morgan fingerprint density at radius 2 is 1.75 bits per heavy atom. The van der Waals surface area contributed by atoms with E-state index in [1.165, 1.54) is 7.11 Å². The highest BCUT2D eigenvalue weighted by atomic mass is 16.5. The fourth-order valence-electron chi connectivity index (χ4n) is 2.26. The normalized spacial score (nSPS) is 9.96. The van der Waals surface area contributed by atoms with E-state index in [0.29, 0.717) is 22.8 Å². The van der Waals surface area contributed by atoms with Gasteiger partial charge in [-0.25, -0.2) is 0 Å². The molecular weight excluding hydrogens is 300 g/mol. The molecule has 124 valence electrons. The third kappa shape index (κ3) is 4.26. The number of anilines is 1. The number of rotatable bonds is 7. The van der Waals surface area contributed by atoms with Crippen LogP contribution in [-0.2, 0) is 4.74 Å². The number of ketones is 1. The number of carbonyl (C=O) groups excluding carboxylic acids is 1. The van der Waals surface area contributed by atoms with Crippen LogP contribution in [0.4, 0.5) is 5.69 Å². The molecule has 0 saturated heterocycles. The maximum Gasteiger partial charge on any atom is 0.193 e. The summed E-state index contributed by atoms with van der Waals surface area (Å²) >= 11 is 0. The molecule has 24 heavy (non-hydrogen) atoms. The summed E-state index contributed by atoms with van der Waals surface area (Å²) < 4.78 is 4.96. The summed E-state index contributed by atoms with van der Waals surface area (Å²) in [4.78, 5) is 12.7. The number of aryl methyl sites for hydroxylation is 2. The summed E-state index contributed by atoms with van der Waals surface area (Å²) in [6.45, 7) is 11.5. The monoisotopic (exact) mass is 322 g/mol. The number of ether oxygens (including phenoxy) is 1. The van der Waals surface area contributed by atoms with Crippen molar-refractivity contribution < 1.29 is 9.53 Å². The highest BCUT2D eigenvalue weighted by molar-refractivity contribution is 6.09. The van der Waals surface area contributed by atoms with Gasteiger partial charge in [-0.1, -0.05) is 42.5 Å². The van der Waals surface area contributed by atoms with Crippen LogP contribution < -0.4 is 10.6 Å². The molecule has 0 bridgehead atoms. The van der Waals surface area contributed by atoms with Crippen LogP contribution in [-0.4, -0.2) is 12.9 Å². The molecule has 0 saturated carbocycles. The van der Waals surface area contributed by atoms with Crippen LogP contribution in [0, 0.1) is 13.8 Å². The second kappa shape index (κ2) is 7.51. The maximum atomic E-state index is 12.7. The van der Waals surface area contributed by atoms with Gasteiger partial charge in [0.25, 0.3) is 0 Å². The topological polar surface area (TPSA) is 50.4 Å². The van der Waals surface area contributed by atoms with E-state index in [0.717, 1.165) is 16.8 Å². The summed E-state index contributed by atoms with van der Waals surface area (Å²) in [5, 5.41) is 6.02. The van der Waals surface area contributed by atoms with E-state index in [1.807, 2.05) is 56.3 Å². The zero-order valence-corrected chi connectivity index (χ0v) is 14.3. The number of hydrogen-bond acceptors (Lipinski definition) is 4. The van der Waals surface area contributed by atoms with Gasteiger partial charge in [0.1, 0.15) is 5.82 Å². The lowest BCUT2D eigenvalue weighted by Gasteiger charge is -2.15. The van der Waals surface area contributed by atoms with Gasteiger partial charge in [0.2, 0.25) is 0 Å². The minimum Gasteiger partial charge on any atom is -0.483 e. The molecule has 4 heteroatoms. The van der Waals surface area contributed by atoms with Gasteiger partial charge in [-0.2, -0.15) is 0 Å². The van der Waals surface area contributed by atoms with Crippen molar-refractivity contribution in [1.82, 2.24) is 5.32 Å². The first kappa shape index (κ1) is 17.3. The van der Waals surface area contributed by atoms with Crippen LogP contribution >= 0.6 is 0 Å². The van der Waals surface area contributed by atoms with Crippen molar-refractivity contribution in [2.75, 3.05) is 12.4 Å². The Bertz CT molecular complexity index is 794. The van der Waals surface area contributed by atoms with Crippen molar-refractivity contribution in [3.05, 3.63) is 89.6 Å². The highest BCUT2D eigenvalue weighted by Gasteiger charge is 2.11. The Balaban J connectivity index is 2.23. The summed E-state index contributed by atoms with van der Waals surface area (Å²) in [5.74, 6) is 0.892. The quantitative estimate of drug-likeness (QED) is 0.594. The van der Waals surface area contributed by atoms with Crippen molar-refractivity contribution in [3.63, 3.8) is 0 Å². The van der Waals surface area contributed by atoms with Gasteiger partial charge >= 0.3 is 0 Å². The van der Waals surface area contributed by atoms with Crippen LogP contribution in [0.5, 0.6) is 0 Å². The Kier molecular flexibility index (Phi) is 5.42. The zero-order valence-electron chi connectivity index (χ0n) is 14.3. The minimum atomic E-state index is -0.0124. The number of nitrogens with one attached hydrogen (secondary N) is 2. The van der Waals surface area contributed by atoms with Crippen molar-refractivity contribution >= 4 is 11.5 Å². The molecule has 4 nitrogen and oxygen atoms in total.